The van der Waals surface area contributed by atoms with Crippen molar-refractivity contribution in [2.24, 2.45) is 0 Å². The highest BCUT2D eigenvalue weighted by Gasteiger charge is 2.37. The van der Waals surface area contributed by atoms with Crippen LogP contribution in [0, 0.1) is 0 Å². The van der Waals surface area contributed by atoms with Gasteiger partial charge in [0.15, 0.2) is 0 Å². The summed E-state index contributed by atoms with van der Waals surface area (Å²) in [4.78, 5) is 0. The smallest absolute Gasteiger partial charge is 0.0609 e. The van der Waals surface area contributed by atoms with Crippen LogP contribution in [-0.4, -0.2) is 23.8 Å². The summed E-state index contributed by atoms with van der Waals surface area (Å²) >= 11 is 0. The van der Waals surface area contributed by atoms with Crippen molar-refractivity contribution in [2.45, 2.75) is 64.6 Å². The van der Waals surface area contributed by atoms with E-state index in [1.165, 1.54) is 0 Å². The molecule has 1 fully saturated rings. The van der Waals surface area contributed by atoms with E-state index in [0.29, 0.717) is 6.10 Å². The molecule has 0 aromatic rings. The fourth-order valence-corrected chi connectivity index (χ4v) is 2.58. The van der Waals surface area contributed by atoms with E-state index in [0.717, 1.165) is 19.4 Å². The lowest BCUT2D eigenvalue weighted by atomic mass is 9.81. The molecule has 0 radical (unpaired) electrons. The Kier molecular flexibility index (Phi) is 3.03. The molecule has 0 aromatic carbocycles. The third kappa shape index (κ3) is 3.28. The van der Waals surface area contributed by atoms with Gasteiger partial charge in [0.1, 0.15) is 0 Å². The van der Waals surface area contributed by atoms with Gasteiger partial charge in [0.05, 0.1) is 6.10 Å². The van der Waals surface area contributed by atoms with E-state index in [9.17, 15) is 0 Å². The molecule has 0 bridgehead atoms. The lowest BCUT2D eigenvalue weighted by Crippen LogP contribution is -2.59. The standard InChI is InChI=1S/C11H23NO/c1-6-13-9-7-10(2,3)12-11(4,5)8-9/h9,12H,6-8H2,1-5H3. The lowest BCUT2D eigenvalue weighted by molar-refractivity contribution is -0.0161. The number of piperidine rings is 1. The Bertz CT molecular complexity index is 159. The second-order valence-electron chi connectivity index (χ2n) is 5.38. The Hall–Kier alpha value is -0.0800. The van der Waals surface area contributed by atoms with E-state index in [-0.39, 0.29) is 11.1 Å². The molecule has 0 aromatic heterocycles. The molecular weight excluding hydrogens is 162 g/mol. The van der Waals surface area contributed by atoms with Gasteiger partial charge in [0.2, 0.25) is 0 Å². The molecule has 2 heteroatoms. The fraction of sp³-hybridized carbons (Fsp3) is 1.00. The third-order valence-electron chi connectivity index (χ3n) is 2.56. The summed E-state index contributed by atoms with van der Waals surface area (Å²) in [5, 5.41) is 3.64. The first-order valence-corrected chi connectivity index (χ1v) is 5.26. The van der Waals surface area contributed by atoms with E-state index in [1.54, 1.807) is 0 Å². The van der Waals surface area contributed by atoms with E-state index >= 15 is 0 Å². The summed E-state index contributed by atoms with van der Waals surface area (Å²) in [7, 11) is 0. The zero-order chi connectivity index (χ0) is 10.1. The summed E-state index contributed by atoms with van der Waals surface area (Å²) in [5.74, 6) is 0. The van der Waals surface area contributed by atoms with Crippen LogP contribution in [0.3, 0.4) is 0 Å². The van der Waals surface area contributed by atoms with Crippen LogP contribution in [0.4, 0.5) is 0 Å². The Morgan fingerprint density at radius 2 is 1.62 bits per heavy atom. The van der Waals surface area contributed by atoms with E-state index < -0.39 is 0 Å². The largest absolute Gasteiger partial charge is 0.378 e. The molecule has 0 unspecified atom stereocenters. The molecule has 1 saturated heterocycles. The molecule has 0 amide bonds. The summed E-state index contributed by atoms with van der Waals surface area (Å²) < 4.78 is 5.71. The van der Waals surface area contributed by atoms with Gasteiger partial charge in [-0.15, -0.1) is 0 Å². The maximum atomic E-state index is 5.71. The maximum absolute atomic E-state index is 5.71. The van der Waals surface area contributed by atoms with Crippen molar-refractivity contribution in [1.29, 1.82) is 0 Å². The Morgan fingerprint density at radius 1 is 1.15 bits per heavy atom. The van der Waals surface area contributed by atoms with Gasteiger partial charge in [-0.1, -0.05) is 0 Å². The van der Waals surface area contributed by atoms with Crippen molar-refractivity contribution in [1.82, 2.24) is 5.32 Å². The normalized spacial score (nSPS) is 27.5. The first-order valence-electron chi connectivity index (χ1n) is 5.26. The summed E-state index contributed by atoms with van der Waals surface area (Å²) in [6.07, 6.45) is 2.66. The number of hydrogen-bond donors (Lipinski definition) is 1. The highest BCUT2D eigenvalue weighted by molar-refractivity contribution is 4.97. The number of rotatable bonds is 2. The van der Waals surface area contributed by atoms with Crippen LogP contribution >= 0.6 is 0 Å². The topological polar surface area (TPSA) is 21.3 Å². The quantitative estimate of drug-likeness (QED) is 0.713. The lowest BCUT2D eigenvalue weighted by Gasteiger charge is -2.46. The Morgan fingerprint density at radius 3 is 2.00 bits per heavy atom. The highest BCUT2D eigenvalue weighted by Crippen LogP contribution is 2.29. The number of ether oxygens (including phenoxy) is 1. The first-order chi connectivity index (χ1) is 5.85. The molecule has 0 spiro atoms. The number of hydrogen-bond acceptors (Lipinski definition) is 2. The third-order valence-corrected chi connectivity index (χ3v) is 2.56. The van der Waals surface area contributed by atoms with E-state index in [1.807, 2.05) is 0 Å². The number of nitrogens with one attached hydrogen (secondary N) is 1. The fourth-order valence-electron chi connectivity index (χ4n) is 2.58. The Balaban J connectivity index is 2.61. The average Bonchev–Trinajstić information content (AvgIpc) is 1.78. The second-order valence-corrected chi connectivity index (χ2v) is 5.38. The van der Waals surface area contributed by atoms with Crippen molar-refractivity contribution in [3.05, 3.63) is 0 Å². The average molecular weight is 185 g/mol. The second kappa shape index (κ2) is 3.58. The summed E-state index contributed by atoms with van der Waals surface area (Å²) in [6, 6.07) is 0. The molecule has 78 valence electrons. The van der Waals surface area contributed by atoms with Gasteiger partial charge in [-0.3, -0.25) is 0 Å². The van der Waals surface area contributed by atoms with Crippen LogP contribution in [0.15, 0.2) is 0 Å². The van der Waals surface area contributed by atoms with Crippen LogP contribution in [-0.2, 0) is 4.74 Å². The van der Waals surface area contributed by atoms with Crippen LogP contribution in [0.1, 0.15) is 47.5 Å². The first kappa shape index (κ1) is 11.0. The van der Waals surface area contributed by atoms with Crippen molar-refractivity contribution >= 4 is 0 Å². The molecule has 1 N–H and O–H groups in total. The molecule has 1 aliphatic rings. The molecule has 0 atom stereocenters. The van der Waals surface area contributed by atoms with Crippen molar-refractivity contribution in [3.8, 4) is 0 Å². The molecular formula is C11H23NO. The van der Waals surface area contributed by atoms with Gasteiger partial charge in [-0.25, -0.2) is 0 Å². The zero-order valence-corrected chi connectivity index (χ0v) is 9.61. The molecule has 1 heterocycles. The monoisotopic (exact) mass is 185 g/mol. The molecule has 1 aliphatic heterocycles. The molecule has 0 aliphatic carbocycles. The van der Waals surface area contributed by atoms with Gasteiger partial charge >= 0.3 is 0 Å². The van der Waals surface area contributed by atoms with E-state index in [2.05, 4.69) is 39.9 Å². The highest BCUT2D eigenvalue weighted by atomic mass is 16.5. The van der Waals surface area contributed by atoms with Crippen molar-refractivity contribution in [2.75, 3.05) is 6.61 Å². The van der Waals surface area contributed by atoms with Gasteiger partial charge < -0.3 is 10.1 Å². The molecule has 13 heavy (non-hydrogen) atoms. The van der Waals surface area contributed by atoms with Crippen molar-refractivity contribution in [3.63, 3.8) is 0 Å². The molecule has 1 rings (SSSR count). The van der Waals surface area contributed by atoms with E-state index in [4.69, 9.17) is 4.74 Å². The zero-order valence-electron chi connectivity index (χ0n) is 9.61. The minimum Gasteiger partial charge on any atom is -0.378 e. The molecule has 2 nitrogen and oxygen atoms in total. The van der Waals surface area contributed by atoms with Gasteiger partial charge in [0.25, 0.3) is 0 Å². The Labute approximate surface area is 82.0 Å². The summed E-state index contributed by atoms with van der Waals surface area (Å²) in [6.45, 7) is 11.9. The predicted molar refractivity (Wildman–Crippen MR) is 55.9 cm³/mol. The molecule has 0 saturated carbocycles. The van der Waals surface area contributed by atoms with Gasteiger partial charge in [-0.2, -0.15) is 0 Å². The minimum absolute atomic E-state index is 0.210. The van der Waals surface area contributed by atoms with Gasteiger partial charge in [-0.05, 0) is 47.5 Å². The summed E-state index contributed by atoms with van der Waals surface area (Å²) in [5.41, 5.74) is 0.420. The van der Waals surface area contributed by atoms with Crippen LogP contribution < -0.4 is 5.32 Å². The predicted octanol–water partition coefficient (Wildman–Crippen LogP) is 2.33. The SMILES string of the molecule is CCOC1CC(C)(C)NC(C)(C)C1. The maximum Gasteiger partial charge on any atom is 0.0609 e. The van der Waals surface area contributed by atoms with Crippen LogP contribution in [0.2, 0.25) is 0 Å². The van der Waals surface area contributed by atoms with Crippen LogP contribution in [0.5, 0.6) is 0 Å². The van der Waals surface area contributed by atoms with Crippen LogP contribution in [0.25, 0.3) is 0 Å². The van der Waals surface area contributed by atoms with Gasteiger partial charge in [0, 0.05) is 17.7 Å². The minimum atomic E-state index is 0.210. The van der Waals surface area contributed by atoms with Crippen molar-refractivity contribution < 1.29 is 4.74 Å².